The summed E-state index contributed by atoms with van der Waals surface area (Å²) in [7, 11) is -3.47. The first-order valence-electron chi connectivity index (χ1n) is 8.32. The Labute approximate surface area is 147 Å². The zero-order valence-corrected chi connectivity index (χ0v) is 14.9. The molecule has 134 valence electrons. The van der Waals surface area contributed by atoms with Crippen LogP contribution in [0.25, 0.3) is 0 Å². The van der Waals surface area contributed by atoms with Gasteiger partial charge < -0.3 is 5.32 Å². The molecule has 0 radical (unpaired) electrons. The van der Waals surface area contributed by atoms with Crippen LogP contribution in [0, 0.1) is 5.92 Å². The molecule has 1 atom stereocenters. The maximum Gasteiger partial charge on any atom is 0.246 e. The van der Waals surface area contributed by atoms with E-state index in [1.165, 1.54) is 16.8 Å². The summed E-state index contributed by atoms with van der Waals surface area (Å²) < 4.78 is 28.5. The smallest absolute Gasteiger partial charge is 0.246 e. The normalized spacial score (nSPS) is 18.8. The molecule has 1 aromatic carbocycles. The zero-order valence-electron chi connectivity index (χ0n) is 14.1. The number of hydrogen-bond donors (Lipinski definition) is 1. The first-order chi connectivity index (χ1) is 11.9. The van der Waals surface area contributed by atoms with Gasteiger partial charge in [0.25, 0.3) is 0 Å². The molecule has 1 aliphatic rings. The minimum Gasteiger partial charge on any atom is -0.324 e. The van der Waals surface area contributed by atoms with Crippen molar-refractivity contribution < 1.29 is 13.2 Å². The van der Waals surface area contributed by atoms with Gasteiger partial charge in [-0.15, -0.1) is 0 Å². The van der Waals surface area contributed by atoms with E-state index in [9.17, 15) is 13.2 Å². The van der Waals surface area contributed by atoms with E-state index in [-0.39, 0.29) is 17.3 Å². The largest absolute Gasteiger partial charge is 0.324 e. The molecule has 0 spiro atoms. The van der Waals surface area contributed by atoms with Gasteiger partial charge >= 0.3 is 0 Å². The third-order valence-corrected chi connectivity index (χ3v) is 6.14. The number of aromatic nitrogens is 2. The minimum atomic E-state index is -3.47. The average Bonchev–Trinajstić information content (AvgIpc) is 3.08. The number of hydrogen-bond acceptors (Lipinski definition) is 4. The molecule has 7 nitrogen and oxygen atoms in total. The summed E-state index contributed by atoms with van der Waals surface area (Å²) in [5.74, 6) is 0.161. The Morgan fingerprint density at radius 2 is 2.08 bits per heavy atom. The molecular formula is C17H22N4O3S. The van der Waals surface area contributed by atoms with Gasteiger partial charge in [-0.1, -0.05) is 6.92 Å². The van der Waals surface area contributed by atoms with Crippen LogP contribution in [-0.4, -0.2) is 41.5 Å². The van der Waals surface area contributed by atoms with E-state index in [4.69, 9.17) is 0 Å². The summed E-state index contributed by atoms with van der Waals surface area (Å²) in [6.45, 7) is 3.30. The number of piperidine rings is 1. The summed E-state index contributed by atoms with van der Waals surface area (Å²) in [4.78, 5) is 12.2. The standard InChI is InChI=1S/C17H22N4O3S/c1-14-4-2-11-21(12-14)25(23,24)16-7-5-15(6-8-16)19-17(22)13-20-10-3-9-18-20/h3,5-10,14H,2,4,11-13H2,1H3,(H,19,22)/t14-/m0/s1. The average molecular weight is 362 g/mol. The number of nitrogens with one attached hydrogen (secondary N) is 1. The van der Waals surface area contributed by atoms with Crippen molar-refractivity contribution in [2.75, 3.05) is 18.4 Å². The van der Waals surface area contributed by atoms with Crippen LogP contribution in [0.4, 0.5) is 5.69 Å². The van der Waals surface area contributed by atoms with Crippen molar-refractivity contribution in [3.05, 3.63) is 42.7 Å². The fraction of sp³-hybridized carbons (Fsp3) is 0.412. The number of anilines is 1. The monoisotopic (exact) mass is 362 g/mol. The molecule has 1 N–H and O–H groups in total. The third-order valence-electron chi connectivity index (χ3n) is 4.26. The summed E-state index contributed by atoms with van der Waals surface area (Å²) in [5.41, 5.74) is 0.558. The molecule has 0 aliphatic carbocycles. The quantitative estimate of drug-likeness (QED) is 0.881. The molecule has 2 heterocycles. The second-order valence-electron chi connectivity index (χ2n) is 6.39. The van der Waals surface area contributed by atoms with Crippen molar-refractivity contribution in [2.24, 2.45) is 5.92 Å². The van der Waals surface area contributed by atoms with E-state index in [2.05, 4.69) is 17.3 Å². The minimum absolute atomic E-state index is 0.110. The maximum absolute atomic E-state index is 12.7. The number of amides is 1. The van der Waals surface area contributed by atoms with Gasteiger partial charge in [-0.25, -0.2) is 8.42 Å². The number of benzene rings is 1. The van der Waals surface area contributed by atoms with Crippen LogP contribution in [0.2, 0.25) is 0 Å². The van der Waals surface area contributed by atoms with Gasteiger partial charge in [0.2, 0.25) is 15.9 Å². The number of carbonyl (C=O) groups is 1. The molecule has 1 aromatic heterocycles. The van der Waals surface area contributed by atoms with Gasteiger partial charge in [-0.05, 0) is 49.1 Å². The van der Waals surface area contributed by atoms with E-state index in [1.807, 2.05) is 0 Å². The molecule has 0 unspecified atom stereocenters. The molecular weight excluding hydrogens is 340 g/mol. The van der Waals surface area contributed by atoms with Crippen LogP contribution in [0.1, 0.15) is 19.8 Å². The van der Waals surface area contributed by atoms with E-state index >= 15 is 0 Å². The Morgan fingerprint density at radius 1 is 1.32 bits per heavy atom. The molecule has 0 saturated carbocycles. The Bertz CT molecular complexity index is 816. The van der Waals surface area contributed by atoms with E-state index < -0.39 is 10.0 Å². The lowest BCUT2D eigenvalue weighted by Gasteiger charge is -2.30. The molecule has 0 bridgehead atoms. The van der Waals surface area contributed by atoms with Gasteiger partial charge in [0.1, 0.15) is 6.54 Å². The van der Waals surface area contributed by atoms with Crippen molar-refractivity contribution in [2.45, 2.75) is 31.2 Å². The van der Waals surface area contributed by atoms with Crippen molar-refractivity contribution in [3.8, 4) is 0 Å². The lowest BCUT2D eigenvalue weighted by atomic mass is 10.0. The summed E-state index contributed by atoms with van der Waals surface area (Å²) >= 11 is 0. The molecule has 1 fully saturated rings. The molecule has 25 heavy (non-hydrogen) atoms. The number of nitrogens with zero attached hydrogens (tertiary/aromatic N) is 3. The second-order valence-corrected chi connectivity index (χ2v) is 8.32. The van der Waals surface area contributed by atoms with E-state index in [0.29, 0.717) is 24.7 Å². The van der Waals surface area contributed by atoms with Crippen molar-refractivity contribution >= 4 is 21.6 Å². The molecule has 8 heteroatoms. The van der Waals surface area contributed by atoms with Crippen molar-refractivity contribution in [1.29, 1.82) is 0 Å². The van der Waals surface area contributed by atoms with Crippen LogP contribution < -0.4 is 5.32 Å². The number of rotatable bonds is 5. The Morgan fingerprint density at radius 3 is 2.72 bits per heavy atom. The van der Waals surface area contributed by atoms with Gasteiger partial charge in [-0.2, -0.15) is 9.40 Å². The Balaban J connectivity index is 1.66. The first-order valence-corrected chi connectivity index (χ1v) is 9.76. The number of sulfonamides is 1. The highest BCUT2D eigenvalue weighted by Gasteiger charge is 2.28. The highest BCUT2D eigenvalue weighted by molar-refractivity contribution is 7.89. The third kappa shape index (κ3) is 4.26. The maximum atomic E-state index is 12.7. The lowest BCUT2D eigenvalue weighted by Crippen LogP contribution is -2.39. The molecule has 1 amide bonds. The summed E-state index contributed by atoms with van der Waals surface area (Å²) in [6, 6.07) is 8.05. The lowest BCUT2D eigenvalue weighted by molar-refractivity contribution is -0.116. The zero-order chi connectivity index (χ0) is 17.9. The molecule has 2 aromatic rings. The molecule has 3 rings (SSSR count). The Kier molecular flexibility index (Phi) is 5.19. The SMILES string of the molecule is C[C@H]1CCCN(S(=O)(=O)c2ccc(NC(=O)Cn3cccn3)cc2)C1. The first kappa shape index (κ1) is 17.6. The van der Waals surface area contributed by atoms with E-state index in [0.717, 1.165) is 12.8 Å². The predicted molar refractivity (Wildman–Crippen MR) is 94.5 cm³/mol. The van der Waals surface area contributed by atoms with Crippen LogP contribution in [0.15, 0.2) is 47.6 Å². The highest BCUT2D eigenvalue weighted by atomic mass is 32.2. The Hall–Kier alpha value is -2.19. The fourth-order valence-corrected chi connectivity index (χ4v) is 4.56. The van der Waals surface area contributed by atoms with Crippen molar-refractivity contribution in [3.63, 3.8) is 0 Å². The van der Waals surface area contributed by atoms with Crippen LogP contribution >= 0.6 is 0 Å². The summed E-state index contributed by atoms with van der Waals surface area (Å²) in [5, 5.41) is 6.71. The predicted octanol–water partition coefficient (Wildman–Crippen LogP) is 1.94. The van der Waals surface area contributed by atoms with Gasteiger partial charge in [0.15, 0.2) is 0 Å². The highest BCUT2D eigenvalue weighted by Crippen LogP contribution is 2.24. The molecule has 1 saturated heterocycles. The van der Waals surface area contributed by atoms with Crippen LogP contribution in [0.5, 0.6) is 0 Å². The number of carbonyl (C=O) groups excluding carboxylic acids is 1. The van der Waals surface area contributed by atoms with Gasteiger partial charge in [-0.3, -0.25) is 9.48 Å². The van der Waals surface area contributed by atoms with Crippen molar-refractivity contribution in [1.82, 2.24) is 14.1 Å². The van der Waals surface area contributed by atoms with Gasteiger partial charge in [0.05, 0.1) is 4.90 Å². The molecule has 1 aliphatic heterocycles. The van der Waals surface area contributed by atoms with Crippen LogP contribution in [0.3, 0.4) is 0 Å². The topological polar surface area (TPSA) is 84.3 Å². The summed E-state index contributed by atoms with van der Waals surface area (Å²) in [6.07, 6.45) is 5.26. The second kappa shape index (κ2) is 7.37. The van der Waals surface area contributed by atoms with E-state index in [1.54, 1.807) is 34.9 Å². The van der Waals surface area contributed by atoms with Gasteiger partial charge in [0, 0.05) is 31.2 Å². The van der Waals surface area contributed by atoms with Crippen LogP contribution in [-0.2, 0) is 21.4 Å². The fourth-order valence-electron chi connectivity index (χ4n) is 2.97.